The van der Waals surface area contributed by atoms with Crippen LogP contribution in [0.25, 0.3) is 5.57 Å². The summed E-state index contributed by atoms with van der Waals surface area (Å²) in [6, 6.07) is 0. The number of aliphatic carboxylic acids is 1. The van der Waals surface area contributed by atoms with Crippen LogP contribution in [0, 0.1) is 6.92 Å². The molecule has 0 aliphatic heterocycles. The SMILES string of the molecule is [B]C1C(C(=O)O)=C(C)c2c1nc(C)[nH]c2=O. The Morgan fingerprint density at radius 1 is 1.50 bits per heavy atom. The molecule has 1 unspecified atom stereocenters. The number of nitrogens with one attached hydrogen (secondary N) is 1. The van der Waals surface area contributed by atoms with Crippen molar-refractivity contribution in [3.05, 3.63) is 33.0 Å². The fourth-order valence-corrected chi connectivity index (χ4v) is 1.99. The van der Waals surface area contributed by atoms with E-state index in [4.69, 9.17) is 13.0 Å². The number of aryl methyl sites for hydroxylation is 1. The number of nitrogens with zero attached hydrogens (tertiary/aromatic N) is 1. The van der Waals surface area contributed by atoms with Crippen molar-refractivity contribution < 1.29 is 9.90 Å². The molecule has 2 radical (unpaired) electrons. The number of allylic oxidation sites excluding steroid dienone is 1. The van der Waals surface area contributed by atoms with Gasteiger partial charge in [0.25, 0.3) is 5.56 Å². The van der Waals surface area contributed by atoms with Crippen LogP contribution >= 0.6 is 0 Å². The molecule has 5 nitrogen and oxygen atoms in total. The van der Waals surface area contributed by atoms with E-state index in [9.17, 15) is 9.59 Å². The second-order valence-electron chi connectivity index (χ2n) is 3.73. The van der Waals surface area contributed by atoms with E-state index in [1.54, 1.807) is 13.8 Å². The number of hydrogen-bond acceptors (Lipinski definition) is 3. The summed E-state index contributed by atoms with van der Waals surface area (Å²) in [5.74, 6) is -1.51. The predicted octanol–water partition coefficient (Wildman–Crippen LogP) is 0.160. The molecule has 1 heterocycles. The van der Waals surface area contributed by atoms with Crippen molar-refractivity contribution in [2.75, 3.05) is 0 Å². The normalized spacial score (nSPS) is 18.8. The van der Waals surface area contributed by atoms with Crippen LogP contribution in [-0.4, -0.2) is 28.9 Å². The van der Waals surface area contributed by atoms with Crippen molar-refractivity contribution in [2.24, 2.45) is 0 Å². The number of carbonyl (C=O) groups is 1. The number of rotatable bonds is 1. The predicted molar refractivity (Wildman–Crippen MR) is 58.3 cm³/mol. The van der Waals surface area contributed by atoms with Gasteiger partial charge in [0, 0.05) is 5.57 Å². The smallest absolute Gasteiger partial charge is 0.331 e. The van der Waals surface area contributed by atoms with Crippen molar-refractivity contribution in [1.82, 2.24) is 9.97 Å². The molecule has 0 saturated carbocycles. The first-order valence-corrected chi connectivity index (χ1v) is 4.74. The maximum Gasteiger partial charge on any atom is 0.331 e. The van der Waals surface area contributed by atoms with Crippen molar-refractivity contribution >= 4 is 19.4 Å². The summed E-state index contributed by atoms with van der Waals surface area (Å²) in [7, 11) is 5.77. The number of aromatic nitrogens is 2. The van der Waals surface area contributed by atoms with Gasteiger partial charge in [0.05, 0.1) is 19.1 Å². The molecule has 0 aromatic carbocycles. The van der Waals surface area contributed by atoms with Crippen LogP contribution in [0.2, 0.25) is 0 Å². The minimum atomic E-state index is -1.11. The Kier molecular flexibility index (Phi) is 2.22. The van der Waals surface area contributed by atoms with Crippen molar-refractivity contribution in [2.45, 2.75) is 19.7 Å². The number of carboxylic acids is 1. The number of hydrogen-bond donors (Lipinski definition) is 2. The average molecular weight is 216 g/mol. The van der Waals surface area contributed by atoms with E-state index in [0.29, 0.717) is 17.1 Å². The minimum Gasteiger partial charge on any atom is -0.478 e. The Balaban J connectivity index is 2.77. The fraction of sp³-hybridized carbons (Fsp3) is 0.300. The third-order valence-electron chi connectivity index (χ3n) is 2.68. The monoisotopic (exact) mass is 216 g/mol. The molecule has 0 bridgehead atoms. The maximum absolute atomic E-state index is 11.7. The van der Waals surface area contributed by atoms with Crippen LogP contribution < -0.4 is 5.56 Å². The maximum atomic E-state index is 11.7. The zero-order valence-corrected chi connectivity index (χ0v) is 8.87. The zero-order chi connectivity index (χ0) is 12.0. The van der Waals surface area contributed by atoms with Crippen LogP contribution in [-0.2, 0) is 4.79 Å². The molecule has 2 rings (SSSR count). The summed E-state index contributed by atoms with van der Waals surface area (Å²) in [6.45, 7) is 3.20. The van der Waals surface area contributed by atoms with Crippen LogP contribution in [0.3, 0.4) is 0 Å². The molecule has 0 amide bonds. The van der Waals surface area contributed by atoms with Crippen molar-refractivity contribution in [3.8, 4) is 0 Å². The Hall–Kier alpha value is -1.85. The van der Waals surface area contributed by atoms with Crippen molar-refractivity contribution in [1.29, 1.82) is 0 Å². The van der Waals surface area contributed by atoms with Crippen LogP contribution in [0.15, 0.2) is 10.4 Å². The van der Waals surface area contributed by atoms with E-state index in [1.807, 2.05) is 0 Å². The molecule has 80 valence electrons. The van der Waals surface area contributed by atoms with E-state index < -0.39 is 11.8 Å². The summed E-state index contributed by atoms with van der Waals surface area (Å²) in [4.78, 5) is 29.3. The largest absolute Gasteiger partial charge is 0.478 e. The van der Waals surface area contributed by atoms with Gasteiger partial charge in [-0.05, 0) is 25.2 Å². The second kappa shape index (κ2) is 3.33. The highest BCUT2D eigenvalue weighted by Gasteiger charge is 2.33. The molecule has 16 heavy (non-hydrogen) atoms. The zero-order valence-electron chi connectivity index (χ0n) is 8.87. The Bertz CT molecular complexity index is 574. The average Bonchev–Trinajstić information content (AvgIpc) is 2.38. The van der Waals surface area contributed by atoms with Crippen molar-refractivity contribution in [3.63, 3.8) is 0 Å². The third kappa shape index (κ3) is 1.30. The highest BCUT2D eigenvalue weighted by Crippen LogP contribution is 2.36. The quantitative estimate of drug-likeness (QED) is 0.655. The van der Waals surface area contributed by atoms with E-state index >= 15 is 0 Å². The van der Waals surface area contributed by atoms with E-state index in [0.717, 1.165) is 0 Å². The minimum absolute atomic E-state index is 0.0404. The van der Waals surface area contributed by atoms with Crippen LogP contribution in [0.5, 0.6) is 0 Å². The summed E-state index contributed by atoms with van der Waals surface area (Å²) in [5.41, 5.74) is 0.723. The first-order chi connectivity index (χ1) is 7.43. The fourth-order valence-electron chi connectivity index (χ4n) is 1.99. The summed E-state index contributed by atoms with van der Waals surface area (Å²) >= 11 is 0. The summed E-state index contributed by atoms with van der Waals surface area (Å²) in [6.07, 6.45) is 0. The van der Waals surface area contributed by atoms with Gasteiger partial charge in [-0.2, -0.15) is 0 Å². The van der Waals surface area contributed by atoms with Crippen LogP contribution in [0.4, 0.5) is 0 Å². The molecule has 1 aliphatic rings. The van der Waals surface area contributed by atoms with Gasteiger partial charge in [0.15, 0.2) is 0 Å². The molecule has 0 saturated heterocycles. The standard InChI is InChI=1S/C10H9BN2O3/c1-3-5(10(15)16)7(11)8-6(3)9(14)13-4(2)12-8/h7H,1-2H3,(H,15,16)(H,12,13,14). The highest BCUT2D eigenvalue weighted by molar-refractivity contribution is 6.22. The number of aromatic amines is 1. The topological polar surface area (TPSA) is 83.0 Å². The van der Waals surface area contributed by atoms with Gasteiger partial charge < -0.3 is 10.1 Å². The lowest BCUT2D eigenvalue weighted by Crippen LogP contribution is -2.16. The molecule has 6 heteroatoms. The number of fused-ring (bicyclic) bond motifs is 1. The molecule has 1 atom stereocenters. The van der Waals surface area contributed by atoms with Gasteiger partial charge in [-0.15, -0.1) is 0 Å². The van der Waals surface area contributed by atoms with Gasteiger partial charge >= 0.3 is 5.97 Å². The lowest BCUT2D eigenvalue weighted by molar-refractivity contribution is -0.132. The van der Waals surface area contributed by atoms with Gasteiger partial charge in [-0.25, -0.2) is 9.78 Å². The summed E-state index contributed by atoms with van der Waals surface area (Å²) in [5, 5.41) is 9.01. The molecular formula is C10H9BN2O3. The third-order valence-corrected chi connectivity index (χ3v) is 2.68. The van der Waals surface area contributed by atoms with Gasteiger partial charge in [-0.1, -0.05) is 0 Å². The number of carboxylic acid groups (broad SMARTS) is 1. The lowest BCUT2D eigenvalue weighted by Gasteiger charge is -2.06. The van der Waals surface area contributed by atoms with E-state index in [1.165, 1.54) is 0 Å². The second-order valence-corrected chi connectivity index (χ2v) is 3.73. The number of H-pyrrole nitrogens is 1. The molecule has 2 N–H and O–H groups in total. The summed E-state index contributed by atoms with van der Waals surface area (Å²) < 4.78 is 0. The molecule has 1 aliphatic carbocycles. The lowest BCUT2D eigenvalue weighted by atomic mass is 9.80. The molecule has 0 spiro atoms. The molecule has 1 aromatic rings. The molecule has 0 fully saturated rings. The van der Waals surface area contributed by atoms with E-state index in [2.05, 4.69) is 9.97 Å². The first-order valence-electron chi connectivity index (χ1n) is 4.74. The molecule has 1 aromatic heterocycles. The first kappa shape index (κ1) is 10.7. The Morgan fingerprint density at radius 3 is 2.69 bits per heavy atom. The Morgan fingerprint density at radius 2 is 2.12 bits per heavy atom. The van der Waals surface area contributed by atoms with Gasteiger partial charge in [-0.3, -0.25) is 4.79 Å². The van der Waals surface area contributed by atoms with Gasteiger partial charge in [0.1, 0.15) is 5.82 Å². The molecular weight excluding hydrogens is 207 g/mol. The Labute approximate surface area is 92.6 Å². The highest BCUT2D eigenvalue weighted by atomic mass is 16.4. The van der Waals surface area contributed by atoms with Crippen LogP contribution in [0.1, 0.15) is 29.8 Å². The van der Waals surface area contributed by atoms with Gasteiger partial charge in [0.2, 0.25) is 0 Å². The van der Waals surface area contributed by atoms with E-state index in [-0.39, 0.29) is 16.7 Å².